The summed E-state index contributed by atoms with van der Waals surface area (Å²) in [5.74, 6) is 1.44. The highest BCUT2D eigenvalue weighted by atomic mass is 16.5. The van der Waals surface area contributed by atoms with Crippen molar-refractivity contribution in [2.75, 3.05) is 12.8 Å². The lowest BCUT2D eigenvalue weighted by Crippen LogP contribution is -1.97. The fourth-order valence-electron chi connectivity index (χ4n) is 1.46. The van der Waals surface area contributed by atoms with E-state index in [2.05, 4.69) is 9.97 Å². The van der Waals surface area contributed by atoms with Crippen LogP contribution in [-0.4, -0.2) is 21.6 Å². The second-order valence-corrected chi connectivity index (χ2v) is 3.14. The summed E-state index contributed by atoms with van der Waals surface area (Å²) < 4.78 is 7.06. The van der Waals surface area contributed by atoms with Crippen molar-refractivity contribution in [3.8, 4) is 5.88 Å². The first-order valence-corrected chi connectivity index (χ1v) is 4.26. The van der Waals surface area contributed by atoms with Gasteiger partial charge in [0.25, 0.3) is 0 Å². The first kappa shape index (κ1) is 8.80. The van der Waals surface area contributed by atoms with E-state index in [4.69, 9.17) is 10.5 Å². The van der Waals surface area contributed by atoms with Crippen LogP contribution >= 0.6 is 0 Å². The zero-order chi connectivity index (χ0) is 10.3. The number of anilines is 1. The zero-order valence-electron chi connectivity index (χ0n) is 8.40. The van der Waals surface area contributed by atoms with Gasteiger partial charge in [0, 0.05) is 7.05 Å². The molecule has 74 valence electrons. The Bertz CT molecular complexity index is 489. The number of fused-ring (bicyclic) bond motifs is 1. The van der Waals surface area contributed by atoms with Crippen molar-refractivity contribution < 1.29 is 4.74 Å². The van der Waals surface area contributed by atoms with Gasteiger partial charge in [-0.3, -0.25) is 0 Å². The third-order valence-electron chi connectivity index (χ3n) is 2.31. The van der Waals surface area contributed by atoms with E-state index < -0.39 is 0 Å². The van der Waals surface area contributed by atoms with Crippen molar-refractivity contribution in [1.29, 1.82) is 0 Å². The number of pyridine rings is 1. The number of nitrogens with two attached hydrogens (primary N) is 1. The highest BCUT2D eigenvalue weighted by Gasteiger charge is 2.13. The van der Waals surface area contributed by atoms with Crippen molar-refractivity contribution in [3.05, 3.63) is 12.0 Å². The second-order valence-electron chi connectivity index (χ2n) is 3.14. The van der Waals surface area contributed by atoms with Crippen LogP contribution in [0.2, 0.25) is 0 Å². The maximum atomic E-state index is 5.77. The number of hydrogen-bond donors (Lipinski definition) is 1. The number of nitrogens with zero attached hydrogens (tertiary/aromatic N) is 3. The summed E-state index contributed by atoms with van der Waals surface area (Å²) in [5, 5.41) is 0. The van der Waals surface area contributed by atoms with Crippen molar-refractivity contribution in [1.82, 2.24) is 14.5 Å². The van der Waals surface area contributed by atoms with E-state index in [1.165, 1.54) is 0 Å². The lowest BCUT2D eigenvalue weighted by molar-refractivity contribution is 0.401. The molecule has 5 nitrogen and oxygen atoms in total. The molecule has 0 aromatic carbocycles. The summed E-state index contributed by atoms with van der Waals surface area (Å²) in [4.78, 5) is 8.43. The SMILES string of the molecule is COc1ncc(N)c2nc(C)n(C)c12. The molecule has 0 saturated carbocycles. The number of methoxy groups -OCH3 is 1. The zero-order valence-corrected chi connectivity index (χ0v) is 8.40. The number of imidazole rings is 1. The third-order valence-corrected chi connectivity index (χ3v) is 2.31. The molecular formula is C9H12N4O. The van der Waals surface area contributed by atoms with Crippen LogP contribution in [0.1, 0.15) is 5.82 Å². The Morgan fingerprint density at radius 2 is 2.21 bits per heavy atom. The van der Waals surface area contributed by atoms with Gasteiger partial charge in [0.2, 0.25) is 5.88 Å². The standard InChI is InChI=1S/C9H12N4O/c1-5-12-7-6(10)4-11-9(14-3)8(7)13(5)2/h4H,10H2,1-3H3. The fourth-order valence-corrected chi connectivity index (χ4v) is 1.46. The van der Waals surface area contributed by atoms with Gasteiger partial charge in [0.1, 0.15) is 16.9 Å². The molecular weight excluding hydrogens is 180 g/mol. The quantitative estimate of drug-likeness (QED) is 0.728. The molecule has 2 N–H and O–H groups in total. The second kappa shape index (κ2) is 2.87. The minimum Gasteiger partial charge on any atom is -0.479 e. The molecule has 0 fully saturated rings. The molecule has 0 unspecified atom stereocenters. The monoisotopic (exact) mass is 192 g/mol. The predicted octanol–water partition coefficient (Wildman–Crippen LogP) is 0.868. The Hall–Kier alpha value is -1.78. The lowest BCUT2D eigenvalue weighted by Gasteiger charge is -2.03. The molecule has 0 aliphatic carbocycles. The van der Waals surface area contributed by atoms with Crippen molar-refractivity contribution in [2.24, 2.45) is 7.05 Å². The van der Waals surface area contributed by atoms with E-state index in [0.29, 0.717) is 11.6 Å². The molecule has 0 spiro atoms. The van der Waals surface area contributed by atoms with Crippen LogP contribution in [0, 0.1) is 6.92 Å². The highest BCUT2D eigenvalue weighted by Crippen LogP contribution is 2.27. The van der Waals surface area contributed by atoms with E-state index in [1.807, 2.05) is 18.5 Å². The Kier molecular flexibility index (Phi) is 1.80. The van der Waals surface area contributed by atoms with E-state index in [9.17, 15) is 0 Å². The first-order valence-electron chi connectivity index (χ1n) is 4.26. The molecule has 5 heteroatoms. The van der Waals surface area contributed by atoms with Crippen LogP contribution in [-0.2, 0) is 7.05 Å². The maximum Gasteiger partial charge on any atom is 0.240 e. The summed E-state index contributed by atoms with van der Waals surface area (Å²) >= 11 is 0. The number of hydrogen-bond acceptors (Lipinski definition) is 4. The van der Waals surface area contributed by atoms with E-state index >= 15 is 0 Å². The summed E-state index contributed by atoms with van der Waals surface area (Å²) in [7, 11) is 3.49. The third kappa shape index (κ3) is 1.02. The summed E-state index contributed by atoms with van der Waals surface area (Å²) in [6, 6.07) is 0. The molecule has 14 heavy (non-hydrogen) atoms. The van der Waals surface area contributed by atoms with Gasteiger partial charge in [-0.25, -0.2) is 9.97 Å². The molecule has 0 bridgehead atoms. The first-order chi connectivity index (χ1) is 6.65. The summed E-state index contributed by atoms with van der Waals surface area (Å²) in [6.45, 7) is 1.92. The van der Waals surface area contributed by atoms with Gasteiger partial charge in [-0.15, -0.1) is 0 Å². The molecule has 2 rings (SSSR count). The normalized spacial score (nSPS) is 10.8. The van der Waals surface area contributed by atoms with Gasteiger partial charge in [-0.05, 0) is 6.92 Å². The van der Waals surface area contributed by atoms with Crippen LogP contribution in [0.3, 0.4) is 0 Å². The molecule has 0 saturated heterocycles. The van der Waals surface area contributed by atoms with Crippen LogP contribution in [0.15, 0.2) is 6.20 Å². The van der Waals surface area contributed by atoms with Crippen LogP contribution in [0.25, 0.3) is 11.0 Å². The topological polar surface area (TPSA) is 66.0 Å². The van der Waals surface area contributed by atoms with Gasteiger partial charge in [0.05, 0.1) is 19.0 Å². The van der Waals surface area contributed by atoms with Crippen molar-refractivity contribution >= 4 is 16.7 Å². The Balaban J connectivity index is 2.92. The lowest BCUT2D eigenvalue weighted by atomic mass is 10.3. The Morgan fingerprint density at radius 1 is 1.50 bits per heavy atom. The highest BCUT2D eigenvalue weighted by molar-refractivity contribution is 5.90. The van der Waals surface area contributed by atoms with Crippen molar-refractivity contribution in [2.45, 2.75) is 6.92 Å². The van der Waals surface area contributed by atoms with E-state index in [1.54, 1.807) is 13.3 Å². The number of ether oxygens (including phenoxy) is 1. The van der Waals surface area contributed by atoms with Crippen LogP contribution in [0.4, 0.5) is 5.69 Å². The summed E-state index contributed by atoms with van der Waals surface area (Å²) in [6.07, 6.45) is 1.56. The average molecular weight is 192 g/mol. The fraction of sp³-hybridized carbons (Fsp3) is 0.333. The molecule has 2 aromatic rings. The van der Waals surface area contributed by atoms with Crippen LogP contribution < -0.4 is 10.5 Å². The predicted molar refractivity (Wildman–Crippen MR) is 54.2 cm³/mol. The maximum absolute atomic E-state index is 5.77. The number of aromatic nitrogens is 3. The molecule has 0 atom stereocenters. The molecule has 2 aromatic heterocycles. The van der Waals surface area contributed by atoms with Gasteiger partial charge in [0.15, 0.2) is 0 Å². The minimum atomic E-state index is 0.553. The van der Waals surface area contributed by atoms with E-state index in [-0.39, 0.29) is 0 Å². The molecule has 2 heterocycles. The average Bonchev–Trinajstić information content (AvgIpc) is 2.47. The Labute approximate surface area is 81.5 Å². The molecule has 0 aliphatic heterocycles. The van der Waals surface area contributed by atoms with Gasteiger partial charge >= 0.3 is 0 Å². The summed E-state index contributed by atoms with van der Waals surface area (Å²) in [5.41, 5.74) is 7.93. The van der Waals surface area contributed by atoms with E-state index in [0.717, 1.165) is 16.9 Å². The number of nitrogen functional groups attached to an aromatic ring is 1. The van der Waals surface area contributed by atoms with Crippen molar-refractivity contribution in [3.63, 3.8) is 0 Å². The molecule has 0 amide bonds. The van der Waals surface area contributed by atoms with Gasteiger partial charge < -0.3 is 15.0 Å². The van der Waals surface area contributed by atoms with Gasteiger partial charge in [-0.1, -0.05) is 0 Å². The van der Waals surface area contributed by atoms with Crippen LogP contribution in [0.5, 0.6) is 5.88 Å². The number of aryl methyl sites for hydroxylation is 2. The minimum absolute atomic E-state index is 0.553. The largest absolute Gasteiger partial charge is 0.479 e. The Morgan fingerprint density at radius 3 is 2.86 bits per heavy atom. The molecule has 0 aliphatic rings. The number of rotatable bonds is 1. The molecule has 0 radical (unpaired) electrons. The van der Waals surface area contributed by atoms with Gasteiger partial charge in [-0.2, -0.15) is 0 Å². The smallest absolute Gasteiger partial charge is 0.240 e.